The lowest BCUT2D eigenvalue weighted by atomic mass is 10.1. The Labute approximate surface area is 392 Å². The molecule has 1 atom stereocenters. The number of carbonyl (C=O) groups is 3. The van der Waals surface area contributed by atoms with Gasteiger partial charge in [0.1, 0.15) is 13.2 Å². The molecule has 6 nitrogen and oxygen atoms in total. The van der Waals surface area contributed by atoms with Crippen LogP contribution in [-0.2, 0) is 28.6 Å². The number of rotatable bonds is 43. The van der Waals surface area contributed by atoms with Crippen molar-refractivity contribution in [2.45, 2.75) is 200 Å². The summed E-state index contributed by atoms with van der Waals surface area (Å²) in [7, 11) is 0. The molecule has 0 aromatic heterocycles. The van der Waals surface area contributed by atoms with Crippen LogP contribution in [-0.4, -0.2) is 37.2 Å². The minimum absolute atomic E-state index is 0.117. The molecule has 0 fully saturated rings. The van der Waals surface area contributed by atoms with E-state index < -0.39 is 6.10 Å². The van der Waals surface area contributed by atoms with Crippen LogP contribution in [0.25, 0.3) is 0 Å². The van der Waals surface area contributed by atoms with Crippen molar-refractivity contribution in [1.29, 1.82) is 0 Å². The van der Waals surface area contributed by atoms with Crippen LogP contribution in [0.1, 0.15) is 194 Å². The summed E-state index contributed by atoms with van der Waals surface area (Å²) in [6.07, 6.45) is 71.4. The second kappa shape index (κ2) is 51.2. The molecule has 0 amide bonds. The first-order chi connectivity index (χ1) is 31.5. The third-order valence-electron chi connectivity index (χ3n) is 10.1. The lowest BCUT2D eigenvalue weighted by molar-refractivity contribution is -0.167. The molecular formula is C58H90O6. The van der Waals surface area contributed by atoms with Crippen molar-refractivity contribution in [2.24, 2.45) is 0 Å². The van der Waals surface area contributed by atoms with Crippen LogP contribution in [0.15, 0.2) is 134 Å². The van der Waals surface area contributed by atoms with Gasteiger partial charge in [-0.3, -0.25) is 14.4 Å². The van der Waals surface area contributed by atoms with E-state index in [1.54, 1.807) is 0 Å². The van der Waals surface area contributed by atoms with Gasteiger partial charge in [0.25, 0.3) is 0 Å². The van der Waals surface area contributed by atoms with Crippen molar-refractivity contribution in [3.05, 3.63) is 134 Å². The van der Waals surface area contributed by atoms with Gasteiger partial charge in [0.2, 0.25) is 0 Å². The Morgan fingerprint density at radius 2 is 0.656 bits per heavy atom. The number of carbonyl (C=O) groups excluding carboxylic acids is 3. The average molecular weight is 883 g/mol. The molecule has 0 N–H and O–H groups in total. The van der Waals surface area contributed by atoms with E-state index in [-0.39, 0.29) is 37.5 Å². The quantitative estimate of drug-likeness (QED) is 0.0200. The summed E-state index contributed by atoms with van der Waals surface area (Å²) in [6.45, 7) is 6.30. The number of hydrogen-bond donors (Lipinski definition) is 0. The summed E-state index contributed by atoms with van der Waals surface area (Å²) < 4.78 is 16.7. The normalized spacial score (nSPS) is 13.2. The SMILES string of the molecule is CC\C=C/C=C\C=C/C=C\C=C/CCCCCC(=O)OC(COC(=O)CCCCC/C=C\CCCCCCCC)COC(=O)CCCCCCC\C=C/C=C\C=C/C=C\C=C/CCC. The zero-order chi connectivity index (χ0) is 46.5. The van der Waals surface area contributed by atoms with Crippen molar-refractivity contribution in [3.63, 3.8) is 0 Å². The fourth-order valence-corrected chi connectivity index (χ4v) is 6.31. The van der Waals surface area contributed by atoms with Crippen LogP contribution in [0.5, 0.6) is 0 Å². The molecule has 0 heterocycles. The standard InChI is InChI=1S/C58H90O6/c1-4-7-10-13-16-19-22-25-27-28-29-31-33-36-39-42-45-48-51-57(60)63-54-55(53-62-56(59)50-47-44-41-38-35-32-24-21-18-15-12-9-6-3)64-58(61)52-49-46-43-40-37-34-30-26-23-20-17-14-11-8-5-2/h8,10-11,13-14,16-17,19-20,22-23,25-32,34-35,37,55H,4-7,9,12,15,18,21,24,33,36,38-54H2,1-3H3/b11-8-,13-10-,17-14-,19-16-,23-20-,25-22-,28-27-,30-26-,31-29-,35-32-,37-34-. The van der Waals surface area contributed by atoms with Gasteiger partial charge in [0, 0.05) is 19.3 Å². The first-order valence-electron chi connectivity index (χ1n) is 25.3. The summed E-state index contributed by atoms with van der Waals surface area (Å²) in [5.74, 6) is -1.01. The second-order valence-corrected chi connectivity index (χ2v) is 16.2. The van der Waals surface area contributed by atoms with Crippen molar-refractivity contribution in [2.75, 3.05) is 13.2 Å². The van der Waals surface area contributed by atoms with Crippen LogP contribution in [0, 0.1) is 0 Å². The van der Waals surface area contributed by atoms with Gasteiger partial charge >= 0.3 is 17.9 Å². The molecule has 0 bridgehead atoms. The Hall–Kier alpha value is -4.45. The maximum atomic E-state index is 12.8. The first kappa shape index (κ1) is 59.5. The summed E-state index contributed by atoms with van der Waals surface area (Å²) in [6, 6.07) is 0. The zero-order valence-electron chi connectivity index (χ0n) is 40.7. The van der Waals surface area contributed by atoms with Crippen LogP contribution in [0.2, 0.25) is 0 Å². The van der Waals surface area contributed by atoms with Crippen LogP contribution in [0.3, 0.4) is 0 Å². The molecular weight excluding hydrogens is 793 g/mol. The van der Waals surface area contributed by atoms with Crippen molar-refractivity contribution >= 4 is 17.9 Å². The number of esters is 3. The Balaban J connectivity index is 4.57. The predicted molar refractivity (Wildman–Crippen MR) is 274 cm³/mol. The largest absolute Gasteiger partial charge is 0.462 e. The number of allylic oxidation sites excluding steroid dienone is 22. The Morgan fingerprint density at radius 3 is 1.08 bits per heavy atom. The van der Waals surface area contributed by atoms with Crippen molar-refractivity contribution < 1.29 is 28.6 Å². The van der Waals surface area contributed by atoms with Crippen LogP contribution in [0.4, 0.5) is 0 Å². The smallest absolute Gasteiger partial charge is 0.306 e. The number of hydrogen-bond acceptors (Lipinski definition) is 6. The van der Waals surface area contributed by atoms with E-state index in [4.69, 9.17) is 14.2 Å². The molecule has 0 saturated heterocycles. The Kier molecular flexibility index (Phi) is 47.6. The summed E-state index contributed by atoms with van der Waals surface area (Å²) in [5.41, 5.74) is 0. The van der Waals surface area contributed by atoms with Crippen LogP contribution >= 0.6 is 0 Å². The van der Waals surface area contributed by atoms with E-state index in [2.05, 4.69) is 69.4 Å². The maximum absolute atomic E-state index is 12.8. The molecule has 0 radical (unpaired) electrons. The molecule has 0 aliphatic rings. The Bertz CT molecular complexity index is 1430. The van der Waals surface area contributed by atoms with Gasteiger partial charge in [0.05, 0.1) is 0 Å². The predicted octanol–water partition coefficient (Wildman–Crippen LogP) is 16.7. The highest BCUT2D eigenvalue weighted by molar-refractivity contribution is 5.71. The van der Waals surface area contributed by atoms with Crippen molar-refractivity contribution in [1.82, 2.24) is 0 Å². The van der Waals surface area contributed by atoms with Gasteiger partial charge in [-0.25, -0.2) is 0 Å². The summed E-state index contributed by atoms with van der Waals surface area (Å²) >= 11 is 0. The molecule has 6 heteroatoms. The molecule has 1 unspecified atom stereocenters. The van der Waals surface area contributed by atoms with E-state index in [1.807, 2.05) is 85.1 Å². The summed E-state index contributed by atoms with van der Waals surface area (Å²) in [5, 5.41) is 0. The zero-order valence-corrected chi connectivity index (χ0v) is 40.7. The van der Waals surface area contributed by atoms with Crippen molar-refractivity contribution in [3.8, 4) is 0 Å². The van der Waals surface area contributed by atoms with E-state index in [9.17, 15) is 14.4 Å². The van der Waals surface area contributed by atoms with Gasteiger partial charge in [-0.1, -0.05) is 225 Å². The third-order valence-corrected chi connectivity index (χ3v) is 10.1. The number of ether oxygens (including phenoxy) is 3. The van der Waals surface area contributed by atoms with E-state index in [0.29, 0.717) is 19.3 Å². The molecule has 64 heavy (non-hydrogen) atoms. The second-order valence-electron chi connectivity index (χ2n) is 16.2. The van der Waals surface area contributed by atoms with E-state index in [0.717, 1.165) is 103 Å². The van der Waals surface area contributed by atoms with Gasteiger partial charge in [-0.15, -0.1) is 0 Å². The monoisotopic (exact) mass is 883 g/mol. The van der Waals surface area contributed by atoms with Gasteiger partial charge in [-0.2, -0.15) is 0 Å². The molecule has 0 spiro atoms. The lowest BCUT2D eigenvalue weighted by Crippen LogP contribution is -2.30. The third kappa shape index (κ3) is 48.6. The lowest BCUT2D eigenvalue weighted by Gasteiger charge is -2.18. The molecule has 0 aromatic rings. The summed E-state index contributed by atoms with van der Waals surface area (Å²) in [4.78, 5) is 38.0. The topological polar surface area (TPSA) is 78.9 Å². The van der Waals surface area contributed by atoms with Gasteiger partial charge in [0.15, 0.2) is 6.10 Å². The molecule has 0 rings (SSSR count). The van der Waals surface area contributed by atoms with Gasteiger partial charge < -0.3 is 14.2 Å². The van der Waals surface area contributed by atoms with E-state index in [1.165, 1.54) is 44.9 Å². The van der Waals surface area contributed by atoms with E-state index >= 15 is 0 Å². The molecule has 0 aromatic carbocycles. The Morgan fingerprint density at radius 1 is 0.328 bits per heavy atom. The molecule has 358 valence electrons. The fraction of sp³-hybridized carbons (Fsp3) is 0.569. The fourth-order valence-electron chi connectivity index (χ4n) is 6.31. The van der Waals surface area contributed by atoms with Gasteiger partial charge in [-0.05, 0) is 83.5 Å². The first-order valence-corrected chi connectivity index (χ1v) is 25.3. The molecule has 0 aliphatic heterocycles. The highest BCUT2D eigenvalue weighted by Gasteiger charge is 2.19. The highest BCUT2D eigenvalue weighted by Crippen LogP contribution is 2.12. The maximum Gasteiger partial charge on any atom is 0.306 e. The molecule has 0 aliphatic carbocycles. The number of unbranched alkanes of at least 4 members (excludes halogenated alkanes) is 18. The minimum Gasteiger partial charge on any atom is -0.462 e. The minimum atomic E-state index is -0.822. The van der Waals surface area contributed by atoms with Crippen LogP contribution < -0.4 is 0 Å². The molecule has 0 saturated carbocycles. The average Bonchev–Trinajstić information content (AvgIpc) is 3.29. The highest BCUT2D eigenvalue weighted by atomic mass is 16.6.